The first kappa shape index (κ1) is 25.1. The summed E-state index contributed by atoms with van der Waals surface area (Å²) in [6, 6.07) is 5.30. The zero-order valence-corrected chi connectivity index (χ0v) is 18.8. The van der Waals surface area contributed by atoms with Gasteiger partial charge in [0.15, 0.2) is 0 Å². The zero-order chi connectivity index (χ0) is 25.0. The molecule has 1 amide bonds. The maximum absolute atomic E-state index is 14.2. The summed E-state index contributed by atoms with van der Waals surface area (Å²) in [4.78, 5) is 25.5. The highest BCUT2D eigenvalue weighted by Gasteiger charge is 2.32. The number of alkyl halides is 3. The van der Waals surface area contributed by atoms with Crippen molar-refractivity contribution in [2.24, 2.45) is 0 Å². The van der Waals surface area contributed by atoms with Crippen molar-refractivity contribution in [1.82, 2.24) is 4.90 Å². The van der Waals surface area contributed by atoms with Crippen LogP contribution in [0.3, 0.4) is 0 Å². The van der Waals surface area contributed by atoms with Gasteiger partial charge in [-0.15, -0.1) is 0 Å². The molecule has 1 aliphatic rings. The highest BCUT2D eigenvalue weighted by molar-refractivity contribution is 5.95. The van der Waals surface area contributed by atoms with Crippen molar-refractivity contribution in [2.45, 2.75) is 19.5 Å². The summed E-state index contributed by atoms with van der Waals surface area (Å²) in [7, 11) is 2.57. The summed E-state index contributed by atoms with van der Waals surface area (Å²) in [5.74, 6) is -1.50. The third-order valence-corrected chi connectivity index (χ3v) is 5.32. The molecular formula is C24H23F4NO5. The predicted octanol–water partition coefficient (Wildman–Crippen LogP) is 5.22. The van der Waals surface area contributed by atoms with Gasteiger partial charge in [0.25, 0.3) is 0 Å². The number of carbonyl (C=O) groups is 2. The Kier molecular flexibility index (Phi) is 7.48. The molecule has 1 aliphatic heterocycles. The van der Waals surface area contributed by atoms with Gasteiger partial charge in [-0.1, -0.05) is 6.08 Å². The normalized spacial score (nSPS) is 14.3. The molecule has 0 N–H and O–H groups in total. The van der Waals surface area contributed by atoms with Crippen LogP contribution >= 0.6 is 0 Å². The van der Waals surface area contributed by atoms with E-state index in [1.807, 2.05) is 0 Å². The first-order valence-electron chi connectivity index (χ1n) is 10.3. The number of cyclic esters (lactones) is 1. The lowest BCUT2D eigenvalue weighted by Gasteiger charge is -2.17. The molecule has 0 aromatic heterocycles. The minimum atomic E-state index is -4.76. The lowest BCUT2D eigenvalue weighted by molar-refractivity contribution is -0.137. The second-order valence-corrected chi connectivity index (χ2v) is 7.60. The van der Waals surface area contributed by atoms with E-state index in [9.17, 15) is 27.2 Å². The van der Waals surface area contributed by atoms with Gasteiger partial charge >= 0.3 is 18.2 Å². The fourth-order valence-corrected chi connectivity index (χ4v) is 3.77. The molecule has 6 nitrogen and oxygen atoms in total. The molecule has 0 saturated carbocycles. The van der Waals surface area contributed by atoms with Gasteiger partial charge in [0.2, 0.25) is 0 Å². The van der Waals surface area contributed by atoms with Crippen molar-refractivity contribution in [3.63, 3.8) is 0 Å². The van der Waals surface area contributed by atoms with Crippen LogP contribution in [0.1, 0.15) is 39.0 Å². The van der Waals surface area contributed by atoms with Gasteiger partial charge < -0.3 is 19.1 Å². The standard InChI is InChI=1S/C24H23F4NO5/c1-14-9-15(12-20(21(14)32-2)22(30)33-3)19(5-4-6-29-7-8-34-23(29)31)16-10-17(24(26,27)28)13-18(25)11-16/h5,9-13H,4,6-8H2,1-3H3/b19-5+. The third kappa shape index (κ3) is 5.49. The van der Waals surface area contributed by atoms with E-state index < -0.39 is 29.6 Å². The second kappa shape index (κ2) is 10.1. The van der Waals surface area contributed by atoms with Crippen LogP contribution < -0.4 is 4.74 Å². The molecule has 182 valence electrons. The van der Waals surface area contributed by atoms with Crippen molar-refractivity contribution in [3.8, 4) is 5.75 Å². The van der Waals surface area contributed by atoms with Crippen molar-refractivity contribution >= 4 is 17.6 Å². The third-order valence-electron chi connectivity index (χ3n) is 5.32. The molecule has 1 fully saturated rings. The average Bonchev–Trinajstić information content (AvgIpc) is 3.19. The fraction of sp³-hybridized carbons (Fsp3) is 0.333. The lowest BCUT2D eigenvalue weighted by Crippen LogP contribution is -2.24. The Morgan fingerprint density at radius 1 is 1.15 bits per heavy atom. The van der Waals surface area contributed by atoms with E-state index in [0.717, 1.165) is 12.1 Å². The predicted molar refractivity (Wildman–Crippen MR) is 115 cm³/mol. The lowest BCUT2D eigenvalue weighted by atomic mass is 9.92. The van der Waals surface area contributed by atoms with Gasteiger partial charge in [-0.3, -0.25) is 0 Å². The van der Waals surface area contributed by atoms with Crippen LogP contribution in [0.4, 0.5) is 22.4 Å². The van der Waals surface area contributed by atoms with Gasteiger partial charge in [-0.25, -0.2) is 14.0 Å². The smallest absolute Gasteiger partial charge is 0.416 e. The van der Waals surface area contributed by atoms with Gasteiger partial charge in [0.1, 0.15) is 23.7 Å². The minimum Gasteiger partial charge on any atom is -0.496 e. The summed E-state index contributed by atoms with van der Waals surface area (Å²) in [5.41, 5.74) is 0.0462. The summed E-state index contributed by atoms with van der Waals surface area (Å²) in [6.45, 7) is 2.57. The number of hydrogen-bond acceptors (Lipinski definition) is 5. The molecule has 0 atom stereocenters. The van der Waals surface area contributed by atoms with E-state index in [1.165, 1.54) is 25.2 Å². The average molecular weight is 481 g/mol. The largest absolute Gasteiger partial charge is 0.496 e. The highest BCUT2D eigenvalue weighted by atomic mass is 19.4. The van der Waals surface area contributed by atoms with E-state index in [1.54, 1.807) is 19.1 Å². The van der Waals surface area contributed by atoms with Crippen LogP contribution in [-0.4, -0.2) is 50.9 Å². The number of aryl methyl sites for hydroxylation is 1. The number of carbonyl (C=O) groups excluding carboxylic acids is 2. The Balaban J connectivity index is 2.13. The van der Waals surface area contributed by atoms with E-state index in [0.29, 0.717) is 23.7 Å². The number of esters is 1. The molecule has 0 unspecified atom stereocenters. The van der Waals surface area contributed by atoms with Gasteiger partial charge in [0, 0.05) is 6.54 Å². The summed E-state index contributed by atoms with van der Waals surface area (Å²) >= 11 is 0. The Morgan fingerprint density at radius 3 is 2.44 bits per heavy atom. The number of amides is 1. The van der Waals surface area contributed by atoms with E-state index >= 15 is 0 Å². The van der Waals surface area contributed by atoms with Gasteiger partial charge in [0.05, 0.1) is 26.3 Å². The number of halogens is 4. The number of benzene rings is 2. The van der Waals surface area contributed by atoms with Gasteiger partial charge in [-0.05, 0) is 65.9 Å². The van der Waals surface area contributed by atoms with Crippen LogP contribution in [-0.2, 0) is 15.7 Å². The Morgan fingerprint density at radius 2 is 1.85 bits per heavy atom. The van der Waals surface area contributed by atoms with Crippen molar-refractivity contribution in [3.05, 3.63) is 70.0 Å². The quantitative estimate of drug-likeness (QED) is 0.401. The number of methoxy groups -OCH3 is 2. The Bertz CT molecular complexity index is 1130. The van der Waals surface area contributed by atoms with Crippen LogP contribution in [0.25, 0.3) is 5.57 Å². The molecular weight excluding hydrogens is 458 g/mol. The molecule has 0 spiro atoms. The Labute approximate surface area is 193 Å². The number of rotatable bonds is 7. The van der Waals surface area contributed by atoms with Gasteiger partial charge in [-0.2, -0.15) is 13.2 Å². The molecule has 0 bridgehead atoms. The zero-order valence-electron chi connectivity index (χ0n) is 18.8. The molecule has 1 heterocycles. The monoisotopic (exact) mass is 481 g/mol. The molecule has 0 aliphatic carbocycles. The molecule has 34 heavy (non-hydrogen) atoms. The fourth-order valence-electron chi connectivity index (χ4n) is 3.77. The van der Waals surface area contributed by atoms with E-state index in [-0.39, 0.29) is 42.0 Å². The maximum atomic E-state index is 14.2. The van der Waals surface area contributed by atoms with Crippen molar-refractivity contribution < 1.29 is 41.4 Å². The first-order chi connectivity index (χ1) is 16.0. The first-order valence-corrected chi connectivity index (χ1v) is 10.3. The summed E-state index contributed by atoms with van der Waals surface area (Å²) in [6.07, 6.45) is -3.38. The topological polar surface area (TPSA) is 65.1 Å². The summed E-state index contributed by atoms with van der Waals surface area (Å²) < 4.78 is 69.3. The maximum Gasteiger partial charge on any atom is 0.416 e. The van der Waals surface area contributed by atoms with Crippen LogP contribution in [0.15, 0.2) is 36.4 Å². The molecule has 0 radical (unpaired) electrons. The van der Waals surface area contributed by atoms with E-state index in [4.69, 9.17) is 14.2 Å². The number of hydrogen-bond donors (Lipinski definition) is 0. The number of nitrogens with zero attached hydrogens (tertiary/aromatic N) is 1. The van der Waals surface area contributed by atoms with Crippen molar-refractivity contribution in [2.75, 3.05) is 33.9 Å². The molecule has 3 rings (SSSR count). The Hall–Kier alpha value is -3.56. The van der Waals surface area contributed by atoms with Crippen LogP contribution in [0, 0.1) is 12.7 Å². The highest BCUT2D eigenvalue weighted by Crippen LogP contribution is 2.36. The molecule has 2 aromatic carbocycles. The van der Waals surface area contributed by atoms with E-state index in [2.05, 4.69) is 0 Å². The molecule has 10 heteroatoms. The second-order valence-electron chi connectivity index (χ2n) is 7.60. The molecule has 1 saturated heterocycles. The number of ether oxygens (including phenoxy) is 3. The van der Waals surface area contributed by atoms with Crippen LogP contribution in [0.5, 0.6) is 5.75 Å². The van der Waals surface area contributed by atoms with Crippen LogP contribution in [0.2, 0.25) is 0 Å². The minimum absolute atomic E-state index is 0.0308. The summed E-state index contributed by atoms with van der Waals surface area (Å²) in [5, 5.41) is 0. The van der Waals surface area contributed by atoms with Crippen molar-refractivity contribution in [1.29, 1.82) is 0 Å². The molecule has 2 aromatic rings. The SMILES string of the molecule is COC(=O)c1cc(/C(=C\CCN2CCOC2=O)c2cc(F)cc(C(F)(F)F)c2)cc(C)c1OC.